The Hall–Kier alpha value is -1.38. The zero-order chi connectivity index (χ0) is 12.3. The third-order valence-electron chi connectivity index (χ3n) is 2.57. The Balaban J connectivity index is 3.14. The minimum absolute atomic E-state index is 0.0315. The van der Waals surface area contributed by atoms with Gasteiger partial charge < -0.3 is 4.74 Å². The monoisotopic (exact) mass is 224 g/mol. The number of ketones is 1. The van der Waals surface area contributed by atoms with E-state index in [1.165, 1.54) is 13.0 Å². The summed E-state index contributed by atoms with van der Waals surface area (Å²) < 4.78 is 19.1. The summed E-state index contributed by atoms with van der Waals surface area (Å²) in [4.78, 5) is 11.3. The van der Waals surface area contributed by atoms with E-state index in [-0.39, 0.29) is 11.3 Å². The molecule has 0 aromatic heterocycles. The van der Waals surface area contributed by atoms with Gasteiger partial charge in [-0.05, 0) is 39.3 Å². The molecule has 3 heteroatoms. The molecule has 0 atom stereocenters. The molecule has 1 rings (SSSR count). The van der Waals surface area contributed by atoms with Crippen LogP contribution < -0.4 is 4.74 Å². The number of benzene rings is 1. The normalized spacial score (nSPS) is 11.3. The SMILES string of the molecule is CCC(C)(C)Oc1cccc(F)c1C(C)=O. The number of Topliss-reactive ketones (excluding diaryl/α,β-unsaturated/α-hetero) is 1. The fourth-order valence-corrected chi connectivity index (χ4v) is 1.30. The molecule has 88 valence electrons. The van der Waals surface area contributed by atoms with Crippen molar-refractivity contribution in [2.75, 3.05) is 0 Å². The Labute approximate surface area is 95.4 Å². The Bertz CT molecular complexity index is 397. The molecule has 0 radical (unpaired) electrons. The van der Waals surface area contributed by atoms with Gasteiger partial charge in [0.2, 0.25) is 0 Å². The largest absolute Gasteiger partial charge is 0.487 e. The van der Waals surface area contributed by atoms with Gasteiger partial charge in [0.05, 0.1) is 5.56 Å². The van der Waals surface area contributed by atoms with Crippen LogP contribution in [-0.2, 0) is 0 Å². The third kappa shape index (κ3) is 2.81. The van der Waals surface area contributed by atoms with Crippen molar-refractivity contribution in [3.63, 3.8) is 0 Å². The van der Waals surface area contributed by atoms with Crippen LogP contribution in [0.3, 0.4) is 0 Å². The van der Waals surface area contributed by atoms with E-state index >= 15 is 0 Å². The first-order chi connectivity index (χ1) is 7.37. The van der Waals surface area contributed by atoms with Crippen LogP contribution in [-0.4, -0.2) is 11.4 Å². The van der Waals surface area contributed by atoms with Gasteiger partial charge in [-0.3, -0.25) is 4.79 Å². The van der Waals surface area contributed by atoms with Crippen molar-refractivity contribution in [1.29, 1.82) is 0 Å². The molecule has 0 saturated carbocycles. The summed E-state index contributed by atoms with van der Waals surface area (Å²) in [6.07, 6.45) is 0.779. The molecule has 0 bridgehead atoms. The van der Waals surface area contributed by atoms with Gasteiger partial charge in [0.15, 0.2) is 5.78 Å². The summed E-state index contributed by atoms with van der Waals surface area (Å²) in [5.74, 6) is -0.531. The highest BCUT2D eigenvalue weighted by molar-refractivity contribution is 5.97. The lowest BCUT2D eigenvalue weighted by Crippen LogP contribution is -2.27. The van der Waals surface area contributed by atoms with Crippen molar-refractivity contribution in [1.82, 2.24) is 0 Å². The summed E-state index contributed by atoms with van der Waals surface area (Å²) in [7, 11) is 0. The quantitative estimate of drug-likeness (QED) is 0.730. The second-order valence-corrected chi connectivity index (χ2v) is 4.38. The minimum Gasteiger partial charge on any atom is -0.487 e. The van der Waals surface area contributed by atoms with Crippen LogP contribution in [0, 0.1) is 5.82 Å². The van der Waals surface area contributed by atoms with Crippen LogP contribution in [0.4, 0.5) is 4.39 Å². The highest BCUT2D eigenvalue weighted by Gasteiger charge is 2.21. The first-order valence-electron chi connectivity index (χ1n) is 5.36. The second-order valence-electron chi connectivity index (χ2n) is 4.38. The lowest BCUT2D eigenvalue weighted by Gasteiger charge is -2.26. The summed E-state index contributed by atoms with van der Waals surface area (Å²) in [6, 6.07) is 4.43. The maximum absolute atomic E-state index is 13.5. The minimum atomic E-state index is -0.531. The fraction of sp³-hybridized carbons (Fsp3) is 0.462. The van der Waals surface area contributed by atoms with Crippen molar-refractivity contribution < 1.29 is 13.9 Å². The number of rotatable bonds is 4. The van der Waals surface area contributed by atoms with Gasteiger partial charge in [-0.15, -0.1) is 0 Å². The van der Waals surface area contributed by atoms with Crippen molar-refractivity contribution in [3.05, 3.63) is 29.6 Å². The fourth-order valence-electron chi connectivity index (χ4n) is 1.30. The smallest absolute Gasteiger partial charge is 0.166 e. The molecule has 1 aromatic rings. The molecule has 0 heterocycles. The Morgan fingerprint density at radius 3 is 2.56 bits per heavy atom. The van der Waals surface area contributed by atoms with Gasteiger partial charge in [-0.1, -0.05) is 13.0 Å². The Morgan fingerprint density at radius 2 is 2.06 bits per heavy atom. The van der Waals surface area contributed by atoms with E-state index in [0.29, 0.717) is 5.75 Å². The summed E-state index contributed by atoms with van der Waals surface area (Å²) in [6.45, 7) is 7.13. The van der Waals surface area contributed by atoms with E-state index in [1.807, 2.05) is 20.8 Å². The van der Waals surface area contributed by atoms with Crippen LogP contribution >= 0.6 is 0 Å². The van der Waals surface area contributed by atoms with Gasteiger partial charge in [0.25, 0.3) is 0 Å². The topological polar surface area (TPSA) is 26.3 Å². The first-order valence-corrected chi connectivity index (χ1v) is 5.36. The third-order valence-corrected chi connectivity index (χ3v) is 2.57. The molecule has 0 saturated heterocycles. The molecule has 2 nitrogen and oxygen atoms in total. The van der Waals surface area contributed by atoms with E-state index < -0.39 is 11.4 Å². The molecular weight excluding hydrogens is 207 g/mol. The van der Waals surface area contributed by atoms with Crippen LogP contribution in [0.15, 0.2) is 18.2 Å². The predicted molar refractivity (Wildman–Crippen MR) is 61.4 cm³/mol. The Kier molecular flexibility index (Phi) is 3.68. The van der Waals surface area contributed by atoms with Crippen molar-refractivity contribution in [3.8, 4) is 5.75 Å². The van der Waals surface area contributed by atoms with Gasteiger partial charge >= 0.3 is 0 Å². The molecule has 0 aliphatic carbocycles. The molecular formula is C13H17FO2. The van der Waals surface area contributed by atoms with E-state index in [4.69, 9.17) is 4.74 Å². The van der Waals surface area contributed by atoms with Gasteiger partial charge in [0.1, 0.15) is 17.2 Å². The van der Waals surface area contributed by atoms with E-state index in [2.05, 4.69) is 0 Å². The van der Waals surface area contributed by atoms with Gasteiger partial charge in [0, 0.05) is 0 Å². The molecule has 0 aliphatic heterocycles. The van der Waals surface area contributed by atoms with Crippen molar-refractivity contribution in [2.24, 2.45) is 0 Å². The standard InChI is InChI=1S/C13H17FO2/c1-5-13(3,4)16-11-8-6-7-10(14)12(11)9(2)15/h6-8H,5H2,1-4H3. The van der Waals surface area contributed by atoms with Crippen molar-refractivity contribution in [2.45, 2.75) is 39.7 Å². The lowest BCUT2D eigenvalue weighted by atomic mass is 10.1. The number of hydrogen-bond acceptors (Lipinski definition) is 2. The van der Waals surface area contributed by atoms with Crippen LogP contribution in [0.1, 0.15) is 44.5 Å². The predicted octanol–water partition coefficient (Wildman–Crippen LogP) is 3.60. The van der Waals surface area contributed by atoms with Gasteiger partial charge in [-0.25, -0.2) is 4.39 Å². The zero-order valence-electron chi connectivity index (χ0n) is 10.1. The second kappa shape index (κ2) is 4.64. The Morgan fingerprint density at radius 1 is 1.44 bits per heavy atom. The number of hydrogen-bond donors (Lipinski definition) is 0. The van der Waals surface area contributed by atoms with Crippen molar-refractivity contribution >= 4 is 5.78 Å². The first kappa shape index (κ1) is 12.7. The van der Waals surface area contributed by atoms with E-state index in [0.717, 1.165) is 6.42 Å². The molecule has 0 unspecified atom stereocenters. The zero-order valence-corrected chi connectivity index (χ0v) is 10.1. The maximum Gasteiger partial charge on any atom is 0.166 e. The number of halogens is 1. The van der Waals surface area contributed by atoms with Crippen LogP contribution in [0.25, 0.3) is 0 Å². The molecule has 0 aliphatic rings. The molecule has 0 N–H and O–H groups in total. The average molecular weight is 224 g/mol. The number of carbonyl (C=O) groups excluding carboxylic acids is 1. The van der Waals surface area contributed by atoms with E-state index in [9.17, 15) is 9.18 Å². The summed E-state index contributed by atoms with van der Waals surface area (Å²) in [5, 5.41) is 0. The highest BCUT2D eigenvalue weighted by Crippen LogP contribution is 2.27. The molecule has 0 fully saturated rings. The average Bonchev–Trinajstić information content (AvgIpc) is 2.16. The molecule has 1 aromatic carbocycles. The molecule has 0 amide bonds. The molecule has 16 heavy (non-hydrogen) atoms. The summed E-state index contributed by atoms with van der Waals surface area (Å²) >= 11 is 0. The highest BCUT2D eigenvalue weighted by atomic mass is 19.1. The number of ether oxygens (including phenoxy) is 1. The van der Waals surface area contributed by atoms with Crippen LogP contribution in [0.2, 0.25) is 0 Å². The summed E-state index contributed by atoms with van der Waals surface area (Å²) in [5.41, 5.74) is -0.373. The van der Waals surface area contributed by atoms with E-state index in [1.54, 1.807) is 12.1 Å². The number of carbonyl (C=O) groups is 1. The lowest BCUT2D eigenvalue weighted by molar-refractivity contribution is 0.0939. The maximum atomic E-state index is 13.5. The van der Waals surface area contributed by atoms with Crippen LogP contribution in [0.5, 0.6) is 5.75 Å². The molecule has 0 spiro atoms. The van der Waals surface area contributed by atoms with Gasteiger partial charge in [-0.2, -0.15) is 0 Å².